The van der Waals surface area contributed by atoms with Gasteiger partial charge in [0.25, 0.3) is 0 Å². The maximum Gasteiger partial charge on any atom is 0.247 e. The SMILES string of the molecule is C=CC(=O)Nc1cccc(-c2cnc3[nH]cc(-c4cccc(S(=O)(=O)C(CCC)C(C)(C)C)c4)c3n2)c1. The number of H-pyrrole nitrogens is 1. The van der Waals surface area contributed by atoms with E-state index in [1.165, 1.54) is 6.08 Å². The third kappa shape index (κ3) is 5.49. The molecule has 0 fully saturated rings. The Labute approximate surface area is 218 Å². The van der Waals surface area contributed by atoms with Crippen molar-refractivity contribution in [1.29, 1.82) is 0 Å². The minimum absolute atomic E-state index is 0.297. The summed E-state index contributed by atoms with van der Waals surface area (Å²) in [6.45, 7) is 11.4. The molecule has 7 nitrogen and oxygen atoms in total. The van der Waals surface area contributed by atoms with Crippen LogP contribution in [0.3, 0.4) is 0 Å². The Morgan fingerprint density at radius 1 is 1.14 bits per heavy atom. The highest BCUT2D eigenvalue weighted by molar-refractivity contribution is 7.92. The van der Waals surface area contributed by atoms with Gasteiger partial charge in [0.15, 0.2) is 15.5 Å². The lowest BCUT2D eigenvalue weighted by molar-refractivity contribution is -0.111. The summed E-state index contributed by atoms with van der Waals surface area (Å²) in [6, 6.07) is 14.4. The van der Waals surface area contributed by atoms with Crippen molar-refractivity contribution in [1.82, 2.24) is 15.0 Å². The van der Waals surface area contributed by atoms with Gasteiger partial charge in [-0.05, 0) is 47.7 Å². The van der Waals surface area contributed by atoms with Crippen LogP contribution in [0, 0.1) is 5.41 Å². The Hall–Kier alpha value is -3.78. The van der Waals surface area contributed by atoms with E-state index < -0.39 is 15.1 Å². The summed E-state index contributed by atoms with van der Waals surface area (Å²) in [5.41, 5.74) is 4.39. The van der Waals surface area contributed by atoms with E-state index in [2.05, 4.69) is 21.9 Å². The molecule has 4 rings (SSSR count). The largest absolute Gasteiger partial charge is 0.344 e. The van der Waals surface area contributed by atoms with Gasteiger partial charge >= 0.3 is 0 Å². The maximum atomic E-state index is 13.7. The lowest BCUT2D eigenvalue weighted by Crippen LogP contribution is -2.34. The first-order chi connectivity index (χ1) is 17.5. The zero-order valence-corrected chi connectivity index (χ0v) is 22.4. The zero-order chi connectivity index (χ0) is 26.8. The quantitative estimate of drug-likeness (QED) is 0.264. The van der Waals surface area contributed by atoms with E-state index in [1.54, 1.807) is 36.7 Å². The standard InChI is InChI=1S/C29H32N4O3S/c1-6-10-25(29(3,4)5)37(35,36)22-14-9-11-19(16-22)23-17-30-28-27(23)33-24(18-31-28)20-12-8-13-21(15-20)32-26(34)7-2/h7-9,11-18,25H,2,6,10H2,1,3-5H3,(H,30,31)(H,32,34). The molecule has 1 amide bonds. The van der Waals surface area contributed by atoms with Crippen LogP contribution >= 0.6 is 0 Å². The van der Waals surface area contributed by atoms with Gasteiger partial charge in [-0.3, -0.25) is 4.79 Å². The highest BCUT2D eigenvalue weighted by atomic mass is 32.2. The molecule has 2 aromatic carbocycles. The Bertz CT molecular complexity index is 1570. The first-order valence-electron chi connectivity index (χ1n) is 12.3. The van der Waals surface area contributed by atoms with Crippen molar-refractivity contribution in [3.05, 3.63) is 73.6 Å². The van der Waals surface area contributed by atoms with Crippen molar-refractivity contribution >= 4 is 32.6 Å². The smallest absolute Gasteiger partial charge is 0.247 e. The number of nitrogens with one attached hydrogen (secondary N) is 2. The number of aromatic amines is 1. The summed E-state index contributed by atoms with van der Waals surface area (Å²) in [7, 11) is -3.54. The number of hydrogen-bond donors (Lipinski definition) is 2. The molecule has 0 saturated carbocycles. The highest BCUT2D eigenvalue weighted by Gasteiger charge is 2.36. The number of carbonyl (C=O) groups is 1. The summed E-state index contributed by atoms with van der Waals surface area (Å²) in [5, 5.41) is 2.27. The Balaban J connectivity index is 1.76. The van der Waals surface area contributed by atoms with Crippen LogP contribution in [0.25, 0.3) is 33.5 Å². The molecule has 2 aromatic heterocycles. The number of sulfone groups is 1. The van der Waals surface area contributed by atoms with Crippen molar-refractivity contribution in [2.45, 2.75) is 50.7 Å². The molecule has 0 aliphatic carbocycles. The fourth-order valence-corrected chi connectivity index (χ4v) is 6.89. The molecule has 2 heterocycles. The predicted molar refractivity (Wildman–Crippen MR) is 149 cm³/mol. The molecule has 0 spiro atoms. The fraction of sp³-hybridized carbons (Fsp3) is 0.276. The van der Waals surface area contributed by atoms with E-state index in [0.29, 0.717) is 33.9 Å². The third-order valence-electron chi connectivity index (χ3n) is 6.36. The van der Waals surface area contributed by atoms with Crippen molar-refractivity contribution in [2.24, 2.45) is 5.41 Å². The molecule has 192 valence electrons. The topological polar surface area (TPSA) is 105 Å². The van der Waals surface area contributed by atoms with Gasteiger partial charge in [-0.2, -0.15) is 0 Å². The van der Waals surface area contributed by atoms with E-state index in [-0.39, 0.29) is 11.3 Å². The zero-order valence-electron chi connectivity index (χ0n) is 21.6. The fourth-order valence-electron chi connectivity index (χ4n) is 4.52. The first-order valence-corrected chi connectivity index (χ1v) is 13.8. The Morgan fingerprint density at radius 3 is 2.57 bits per heavy atom. The van der Waals surface area contributed by atoms with E-state index in [0.717, 1.165) is 23.1 Å². The van der Waals surface area contributed by atoms with Crippen LogP contribution in [0.5, 0.6) is 0 Å². The van der Waals surface area contributed by atoms with Crippen LogP contribution in [-0.2, 0) is 14.6 Å². The first kappa shape index (κ1) is 26.3. The van der Waals surface area contributed by atoms with Crippen molar-refractivity contribution in [3.63, 3.8) is 0 Å². The van der Waals surface area contributed by atoms with Crippen molar-refractivity contribution in [3.8, 4) is 22.4 Å². The second-order valence-corrected chi connectivity index (χ2v) is 12.3. The molecule has 1 atom stereocenters. The molecule has 8 heteroatoms. The molecular weight excluding hydrogens is 484 g/mol. The van der Waals surface area contributed by atoms with E-state index in [4.69, 9.17) is 4.98 Å². The minimum atomic E-state index is -3.54. The van der Waals surface area contributed by atoms with Crippen LogP contribution in [0.1, 0.15) is 40.5 Å². The highest BCUT2D eigenvalue weighted by Crippen LogP contribution is 2.36. The molecule has 0 bridgehead atoms. The van der Waals surface area contributed by atoms with Crippen LogP contribution in [-0.4, -0.2) is 34.5 Å². The predicted octanol–water partition coefficient (Wildman–Crippen LogP) is 6.40. The van der Waals surface area contributed by atoms with Crippen LogP contribution in [0.2, 0.25) is 0 Å². The van der Waals surface area contributed by atoms with Gasteiger partial charge in [-0.1, -0.05) is 65.0 Å². The van der Waals surface area contributed by atoms with Crippen molar-refractivity contribution in [2.75, 3.05) is 5.32 Å². The number of amides is 1. The monoisotopic (exact) mass is 516 g/mol. The number of carbonyl (C=O) groups excluding carboxylic acids is 1. The average molecular weight is 517 g/mol. The number of fused-ring (bicyclic) bond motifs is 1. The summed E-state index contributed by atoms with van der Waals surface area (Å²) < 4.78 is 27.3. The number of aromatic nitrogens is 3. The number of anilines is 1. The van der Waals surface area contributed by atoms with E-state index in [1.807, 2.05) is 52.0 Å². The summed E-state index contributed by atoms with van der Waals surface area (Å²) in [5.74, 6) is -0.297. The average Bonchev–Trinajstić information content (AvgIpc) is 3.30. The lowest BCUT2D eigenvalue weighted by Gasteiger charge is -2.30. The molecule has 0 aliphatic rings. The Kier molecular flexibility index (Phi) is 7.32. The summed E-state index contributed by atoms with van der Waals surface area (Å²) in [6.07, 6.45) is 6.07. The number of hydrogen-bond acceptors (Lipinski definition) is 5. The van der Waals surface area contributed by atoms with Gasteiger partial charge in [0.1, 0.15) is 5.52 Å². The Morgan fingerprint density at radius 2 is 1.86 bits per heavy atom. The molecule has 0 aliphatic heterocycles. The van der Waals surface area contributed by atoms with Gasteiger partial charge in [0.05, 0.1) is 22.0 Å². The second kappa shape index (κ2) is 10.3. The number of benzene rings is 2. The second-order valence-electron chi connectivity index (χ2n) is 10.1. The molecule has 37 heavy (non-hydrogen) atoms. The van der Waals surface area contributed by atoms with E-state index >= 15 is 0 Å². The van der Waals surface area contributed by atoms with Gasteiger partial charge in [-0.25, -0.2) is 18.4 Å². The molecular formula is C29H32N4O3S. The lowest BCUT2D eigenvalue weighted by atomic mass is 9.89. The van der Waals surface area contributed by atoms with E-state index in [9.17, 15) is 13.2 Å². The van der Waals surface area contributed by atoms with Crippen LogP contribution < -0.4 is 5.32 Å². The van der Waals surface area contributed by atoms with Crippen molar-refractivity contribution < 1.29 is 13.2 Å². The molecule has 0 radical (unpaired) electrons. The van der Waals surface area contributed by atoms with Crippen LogP contribution in [0.4, 0.5) is 5.69 Å². The third-order valence-corrected chi connectivity index (χ3v) is 8.96. The van der Waals surface area contributed by atoms with Crippen LogP contribution in [0.15, 0.2) is 78.5 Å². The molecule has 2 N–H and O–H groups in total. The minimum Gasteiger partial charge on any atom is -0.344 e. The van der Waals surface area contributed by atoms with Gasteiger partial charge < -0.3 is 10.3 Å². The number of nitrogens with zero attached hydrogens (tertiary/aromatic N) is 2. The summed E-state index contributed by atoms with van der Waals surface area (Å²) >= 11 is 0. The van der Waals surface area contributed by atoms with Gasteiger partial charge in [-0.15, -0.1) is 0 Å². The molecule has 4 aromatic rings. The van der Waals surface area contributed by atoms with Gasteiger partial charge in [0, 0.05) is 23.0 Å². The maximum absolute atomic E-state index is 13.7. The normalized spacial score (nSPS) is 12.9. The summed E-state index contributed by atoms with van der Waals surface area (Å²) in [4.78, 5) is 24.5. The molecule has 1 unspecified atom stereocenters. The van der Waals surface area contributed by atoms with Gasteiger partial charge in [0.2, 0.25) is 5.91 Å². The molecule has 0 saturated heterocycles. The number of rotatable bonds is 8.